The van der Waals surface area contributed by atoms with Crippen LogP contribution in [-0.2, 0) is 4.74 Å². The van der Waals surface area contributed by atoms with E-state index in [1.807, 2.05) is 18.2 Å². The molecule has 1 aliphatic heterocycles. The number of hydrogen-bond donors (Lipinski definition) is 1. The van der Waals surface area contributed by atoms with Crippen molar-refractivity contribution in [1.29, 1.82) is 5.26 Å². The fourth-order valence-electron chi connectivity index (χ4n) is 3.71. The lowest BCUT2D eigenvalue weighted by Crippen LogP contribution is -2.33. The molecule has 3 rings (SSSR count). The molecule has 1 unspecified atom stereocenters. The minimum Gasteiger partial charge on any atom is -0.382 e. The summed E-state index contributed by atoms with van der Waals surface area (Å²) in [5.41, 5.74) is 3.13. The van der Waals surface area contributed by atoms with E-state index < -0.39 is 0 Å². The van der Waals surface area contributed by atoms with Gasteiger partial charge in [0.25, 0.3) is 0 Å². The van der Waals surface area contributed by atoms with Crippen molar-refractivity contribution in [2.24, 2.45) is 0 Å². The summed E-state index contributed by atoms with van der Waals surface area (Å²) in [6, 6.07) is 7.99. The molecule has 0 bridgehead atoms. The molecule has 0 radical (unpaired) electrons. The van der Waals surface area contributed by atoms with E-state index in [9.17, 15) is 0 Å². The molecule has 1 aliphatic carbocycles. The van der Waals surface area contributed by atoms with Crippen LogP contribution in [0.25, 0.3) is 0 Å². The molecule has 3 heteroatoms. The maximum atomic E-state index is 9.00. The van der Waals surface area contributed by atoms with Crippen LogP contribution in [-0.4, -0.2) is 18.2 Å². The minimum atomic E-state index is 0.189. The predicted octanol–water partition coefficient (Wildman–Crippen LogP) is 4.16. The van der Waals surface area contributed by atoms with Crippen LogP contribution >= 0.6 is 0 Å². The summed E-state index contributed by atoms with van der Waals surface area (Å²) in [6.07, 6.45) is 9.19. The van der Waals surface area contributed by atoms with Gasteiger partial charge in [-0.05, 0) is 50.3 Å². The average molecular weight is 284 g/mol. The molecule has 21 heavy (non-hydrogen) atoms. The molecular weight excluding hydrogens is 260 g/mol. The van der Waals surface area contributed by atoms with E-state index in [0.29, 0.717) is 11.7 Å². The molecule has 1 saturated heterocycles. The van der Waals surface area contributed by atoms with Gasteiger partial charge in [0, 0.05) is 12.2 Å². The molecular formula is C18H24N2O. The maximum absolute atomic E-state index is 9.00. The van der Waals surface area contributed by atoms with Gasteiger partial charge in [0.15, 0.2) is 0 Å². The minimum absolute atomic E-state index is 0.189. The first-order valence-electron chi connectivity index (χ1n) is 8.13. The SMILES string of the molecule is Cc1ccc(C#N)cc1NCC1CCC2(CCCCC2)O1. The zero-order chi connectivity index (χ0) is 14.7. The van der Waals surface area contributed by atoms with E-state index in [4.69, 9.17) is 10.00 Å². The van der Waals surface area contributed by atoms with Crippen molar-refractivity contribution in [3.63, 3.8) is 0 Å². The summed E-state index contributed by atoms with van der Waals surface area (Å²) >= 11 is 0. The molecule has 2 fully saturated rings. The van der Waals surface area contributed by atoms with Gasteiger partial charge in [-0.1, -0.05) is 25.3 Å². The van der Waals surface area contributed by atoms with Crippen molar-refractivity contribution >= 4 is 5.69 Å². The van der Waals surface area contributed by atoms with Crippen LogP contribution < -0.4 is 5.32 Å². The van der Waals surface area contributed by atoms with Crippen LogP contribution in [0.3, 0.4) is 0 Å². The summed E-state index contributed by atoms with van der Waals surface area (Å²) < 4.78 is 6.38. The summed E-state index contributed by atoms with van der Waals surface area (Å²) in [4.78, 5) is 0. The van der Waals surface area contributed by atoms with Gasteiger partial charge < -0.3 is 10.1 Å². The van der Waals surface area contributed by atoms with Crippen molar-refractivity contribution in [1.82, 2.24) is 0 Å². The second-order valence-electron chi connectivity index (χ2n) is 6.54. The molecule has 1 aromatic rings. The fourth-order valence-corrected chi connectivity index (χ4v) is 3.71. The number of aryl methyl sites for hydroxylation is 1. The van der Waals surface area contributed by atoms with Gasteiger partial charge in [0.05, 0.1) is 23.3 Å². The Morgan fingerprint density at radius 3 is 2.86 bits per heavy atom. The number of nitrogens with zero attached hydrogens (tertiary/aromatic N) is 1. The van der Waals surface area contributed by atoms with Crippen LogP contribution in [0.4, 0.5) is 5.69 Å². The molecule has 1 N–H and O–H groups in total. The van der Waals surface area contributed by atoms with E-state index in [0.717, 1.165) is 18.7 Å². The lowest BCUT2D eigenvalue weighted by atomic mass is 9.83. The Hall–Kier alpha value is -1.53. The summed E-state index contributed by atoms with van der Waals surface area (Å²) in [5.74, 6) is 0. The van der Waals surface area contributed by atoms with Crippen molar-refractivity contribution in [3.05, 3.63) is 29.3 Å². The van der Waals surface area contributed by atoms with Gasteiger partial charge in [-0.3, -0.25) is 0 Å². The largest absolute Gasteiger partial charge is 0.382 e. The van der Waals surface area contributed by atoms with E-state index in [1.54, 1.807) is 0 Å². The highest BCUT2D eigenvalue weighted by Gasteiger charge is 2.40. The molecule has 0 aromatic heterocycles. The van der Waals surface area contributed by atoms with Crippen LogP contribution in [0.1, 0.15) is 56.1 Å². The quantitative estimate of drug-likeness (QED) is 0.906. The zero-order valence-corrected chi connectivity index (χ0v) is 12.8. The normalized spacial score (nSPS) is 23.9. The summed E-state index contributed by atoms with van der Waals surface area (Å²) in [7, 11) is 0. The lowest BCUT2D eigenvalue weighted by molar-refractivity contribution is -0.0588. The van der Waals surface area contributed by atoms with Crippen LogP contribution in [0.2, 0.25) is 0 Å². The second-order valence-corrected chi connectivity index (χ2v) is 6.54. The third-order valence-corrected chi connectivity index (χ3v) is 4.99. The van der Waals surface area contributed by atoms with E-state index in [2.05, 4.69) is 18.3 Å². The van der Waals surface area contributed by atoms with Crippen molar-refractivity contribution in [3.8, 4) is 6.07 Å². The third-order valence-electron chi connectivity index (χ3n) is 4.99. The standard InChI is InChI=1S/C18H24N2O/c1-14-5-6-15(12-19)11-17(14)20-13-16-7-10-18(21-16)8-3-2-4-9-18/h5-6,11,16,20H,2-4,7-10,13H2,1H3. The first kappa shape index (κ1) is 14.4. The van der Waals surface area contributed by atoms with Gasteiger partial charge in [0.1, 0.15) is 0 Å². The van der Waals surface area contributed by atoms with Crippen LogP contribution in [0.5, 0.6) is 0 Å². The number of rotatable bonds is 3. The number of hydrogen-bond acceptors (Lipinski definition) is 3. The molecule has 3 nitrogen and oxygen atoms in total. The van der Waals surface area contributed by atoms with Gasteiger partial charge in [0.2, 0.25) is 0 Å². The van der Waals surface area contributed by atoms with Crippen LogP contribution in [0, 0.1) is 18.3 Å². The number of anilines is 1. The van der Waals surface area contributed by atoms with E-state index in [-0.39, 0.29) is 5.60 Å². The van der Waals surface area contributed by atoms with Crippen molar-refractivity contribution in [2.45, 2.75) is 63.6 Å². The Balaban J connectivity index is 1.58. The van der Waals surface area contributed by atoms with Crippen molar-refractivity contribution in [2.75, 3.05) is 11.9 Å². The molecule has 1 atom stereocenters. The Morgan fingerprint density at radius 2 is 2.10 bits per heavy atom. The molecule has 1 saturated carbocycles. The predicted molar refractivity (Wildman–Crippen MR) is 84.3 cm³/mol. The number of nitriles is 1. The Labute approximate surface area is 127 Å². The molecule has 2 aliphatic rings. The van der Waals surface area contributed by atoms with E-state index in [1.165, 1.54) is 44.1 Å². The smallest absolute Gasteiger partial charge is 0.0992 e. The molecule has 0 amide bonds. The van der Waals surface area contributed by atoms with Gasteiger partial charge in [-0.25, -0.2) is 0 Å². The molecule has 112 valence electrons. The molecule has 1 spiro atoms. The lowest BCUT2D eigenvalue weighted by Gasteiger charge is -2.33. The monoisotopic (exact) mass is 284 g/mol. The first-order valence-corrected chi connectivity index (χ1v) is 8.13. The number of nitrogens with one attached hydrogen (secondary N) is 1. The third kappa shape index (κ3) is 3.22. The fraction of sp³-hybridized carbons (Fsp3) is 0.611. The Kier molecular flexibility index (Phi) is 4.17. The summed E-state index contributed by atoms with van der Waals surface area (Å²) in [5, 5.41) is 12.5. The second kappa shape index (κ2) is 6.07. The van der Waals surface area contributed by atoms with E-state index >= 15 is 0 Å². The Morgan fingerprint density at radius 1 is 1.29 bits per heavy atom. The average Bonchev–Trinajstić information content (AvgIpc) is 2.90. The van der Waals surface area contributed by atoms with Crippen molar-refractivity contribution < 1.29 is 4.74 Å². The molecule has 1 heterocycles. The number of ether oxygens (including phenoxy) is 1. The van der Waals surface area contributed by atoms with Gasteiger partial charge in [-0.2, -0.15) is 5.26 Å². The highest BCUT2D eigenvalue weighted by molar-refractivity contribution is 5.55. The first-order chi connectivity index (χ1) is 10.2. The maximum Gasteiger partial charge on any atom is 0.0992 e. The molecule has 1 aromatic carbocycles. The Bertz CT molecular complexity index is 541. The van der Waals surface area contributed by atoms with Gasteiger partial charge in [-0.15, -0.1) is 0 Å². The number of benzene rings is 1. The highest BCUT2D eigenvalue weighted by Crippen LogP contribution is 2.41. The topological polar surface area (TPSA) is 45.0 Å². The highest BCUT2D eigenvalue weighted by atomic mass is 16.5. The van der Waals surface area contributed by atoms with Crippen LogP contribution in [0.15, 0.2) is 18.2 Å². The zero-order valence-electron chi connectivity index (χ0n) is 12.8. The van der Waals surface area contributed by atoms with Gasteiger partial charge >= 0.3 is 0 Å². The summed E-state index contributed by atoms with van der Waals surface area (Å²) in [6.45, 7) is 2.92.